The van der Waals surface area contributed by atoms with Crippen molar-refractivity contribution in [2.75, 3.05) is 0 Å². The third kappa shape index (κ3) is 3.35. The Hall–Kier alpha value is -2.85. The molecule has 0 bridgehead atoms. The molecule has 4 aromatic rings. The van der Waals surface area contributed by atoms with Gasteiger partial charge in [-0.25, -0.2) is 4.99 Å². The first-order valence-electron chi connectivity index (χ1n) is 7.82. The number of hydrogen-bond donors (Lipinski definition) is 1. The van der Waals surface area contributed by atoms with Crippen molar-refractivity contribution < 1.29 is 9.52 Å². The van der Waals surface area contributed by atoms with Crippen LogP contribution in [-0.2, 0) is 0 Å². The van der Waals surface area contributed by atoms with Crippen LogP contribution in [0.4, 0.5) is 5.69 Å². The van der Waals surface area contributed by atoms with Crippen molar-refractivity contribution in [2.45, 2.75) is 0 Å². The highest BCUT2D eigenvalue weighted by Crippen LogP contribution is 2.25. The molecule has 122 valence electrons. The molecule has 0 amide bonds. The largest absolute Gasteiger partial charge is 0.508 e. The van der Waals surface area contributed by atoms with Gasteiger partial charge in [-0.2, -0.15) is 0 Å². The molecule has 0 radical (unpaired) electrons. The number of phenols is 1. The minimum absolute atomic E-state index is 0.183. The molecule has 0 aliphatic rings. The zero-order valence-electron chi connectivity index (χ0n) is 13.2. The number of hydrogen-bond acceptors (Lipinski definition) is 3. The normalized spacial score (nSPS) is 11.8. The van der Waals surface area contributed by atoms with Crippen LogP contribution in [0.1, 0.15) is 0 Å². The molecule has 0 atom stereocenters. The van der Waals surface area contributed by atoms with Crippen molar-refractivity contribution in [2.24, 2.45) is 4.99 Å². The standard InChI is InChI=1S/C21H14BrNO2/c22-15-6-8-16(9-7-15)23-19-13-21(14-4-2-1-3-5-14)25-20-11-10-17(24)12-18(19)20/h1-13,24H. The first-order valence-corrected chi connectivity index (χ1v) is 8.61. The molecule has 1 aromatic heterocycles. The van der Waals surface area contributed by atoms with Crippen molar-refractivity contribution in [3.05, 3.63) is 88.7 Å². The summed E-state index contributed by atoms with van der Waals surface area (Å²) in [5, 5.41) is 11.4. The highest BCUT2D eigenvalue weighted by molar-refractivity contribution is 9.10. The molecule has 0 aliphatic heterocycles. The number of phenolic OH excluding ortho intramolecular Hbond substituents is 1. The minimum Gasteiger partial charge on any atom is -0.508 e. The third-order valence-electron chi connectivity index (χ3n) is 3.86. The van der Waals surface area contributed by atoms with Crippen LogP contribution in [0.25, 0.3) is 22.3 Å². The van der Waals surface area contributed by atoms with E-state index in [-0.39, 0.29) is 5.75 Å². The number of benzene rings is 3. The second kappa shape index (κ2) is 6.57. The Balaban J connectivity index is 2.00. The molecular weight excluding hydrogens is 378 g/mol. The van der Waals surface area contributed by atoms with Crippen LogP contribution in [0, 0.1) is 0 Å². The Morgan fingerprint density at radius 1 is 0.840 bits per heavy atom. The first-order chi connectivity index (χ1) is 12.2. The molecule has 0 unspecified atom stereocenters. The van der Waals surface area contributed by atoms with E-state index in [4.69, 9.17) is 9.41 Å². The van der Waals surface area contributed by atoms with Crippen LogP contribution in [0.2, 0.25) is 0 Å². The van der Waals surface area contributed by atoms with Gasteiger partial charge in [-0.15, -0.1) is 0 Å². The first kappa shape index (κ1) is 15.7. The summed E-state index contributed by atoms with van der Waals surface area (Å²) >= 11 is 3.43. The fourth-order valence-electron chi connectivity index (χ4n) is 2.65. The third-order valence-corrected chi connectivity index (χ3v) is 4.39. The number of rotatable bonds is 2. The van der Waals surface area contributed by atoms with E-state index >= 15 is 0 Å². The summed E-state index contributed by atoms with van der Waals surface area (Å²) in [5.41, 5.74) is 2.48. The summed E-state index contributed by atoms with van der Waals surface area (Å²) < 4.78 is 7.02. The summed E-state index contributed by atoms with van der Waals surface area (Å²) in [6.07, 6.45) is 0. The van der Waals surface area contributed by atoms with E-state index in [1.54, 1.807) is 18.2 Å². The SMILES string of the molecule is Oc1ccc2oc(-c3ccccc3)cc(=Nc3ccc(Br)cc3)c2c1. The Morgan fingerprint density at radius 3 is 2.36 bits per heavy atom. The predicted molar refractivity (Wildman–Crippen MR) is 103 cm³/mol. The van der Waals surface area contributed by atoms with Gasteiger partial charge >= 0.3 is 0 Å². The molecule has 0 spiro atoms. The Kier molecular flexibility index (Phi) is 4.12. The van der Waals surface area contributed by atoms with Gasteiger partial charge in [0.15, 0.2) is 0 Å². The average Bonchev–Trinajstić information content (AvgIpc) is 2.64. The number of halogens is 1. The smallest absolute Gasteiger partial charge is 0.137 e. The lowest BCUT2D eigenvalue weighted by molar-refractivity contribution is 0.475. The van der Waals surface area contributed by atoms with E-state index in [2.05, 4.69) is 15.9 Å². The Labute approximate surface area is 153 Å². The number of aromatic hydroxyl groups is 1. The monoisotopic (exact) mass is 391 g/mol. The van der Waals surface area contributed by atoms with E-state index in [9.17, 15) is 5.11 Å². The molecule has 1 heterocycles. The summed E-state index contributed by atoms with van der Waals surface area (Å²) in [4.78, 5) is 4.75. The molecule has 0 saturated heterocycles. The lowest BCUT2D eigenvalue weighted by atomic mass is 10.1. The topological polar surface area (TPSA) is 45.7 Å². The molecule has 1 N–H and O–H groups in total. The lowest BCUT2D eigenvalue weighted by Gasteiger charge is -2.05. The highest BCUT2D eigenvalue weighted by atomic mass is 79.9. The fourth-order valence-corrected chi connectivity index (χ4v) is 2.91. The van der Waals surface area contributed by atoms with Crippen molar-refractivity contribution in [3.8, 4) is 17.1 Å². The summed E-state index contributed by atoms with van der Waals surface area (Å²) in [6.45, 7) is 0. The Bertz CT molecular complexity index is 1100. The van der Waals surface area contributed by atoms with Crippen molar-refractivity contribution in [1.82, 2.24) is 0 Å². The van der Waals surface area contributed by atoms with Crippen LogP contribution < -0.4 is 5.36 Å². The predicted octanol–water partition coefficient (Wildman–Crippen LogP) is 5.80. The van der Waals surface area contributed by atoms with Gasteiger partial charge in [-0.3, -0.25) is 0 Å². The van der Waals surface area contributed by atoms with E-state index in [0.29, 0.717) is 5.58 Å². The second-order valence-corrected chi connectivity index (χ2v) is 6.55. The van der Waals surface area contributed by atoms with Gasteiger partial charge in [0.05, 0.1) is 11.0 Å². The van der Waals surface area contributed by atoms with Gasteiger partial charge in [0.2, 0.25) is 0 Å². The summed E-state index contributed by atoms with van der Waals surface area (Å²) in [5.74, 6) is 0.914. The van der Waals surface area contributed by atoms with Gasteiger partial charge in [0, 0.05) is 21.5 Å². The van der Waals surface area contributed by atoms with Gasteiger partial charge < -0.3 is 9.52 Å². The number of nitrogens with zero attached hydrogens (tertiary/aromatic N) is 1. The van der Waals surface area contributed by atoms with Gasteiger partial charge in [0.1, 0.15) is 17.1 Å². The summed E-state index contributed by atoms with van der Waals surface area (Å²) in [7, 11) is 0. The quantitative estimate of drug-likeness (QED) is 0.469. The molecule has 0 aliphatic carbocycles. The maximum Gasteiger partial charge on any atom is 0.137 e. The maximum absolute atomic E-state index is 9.85. The van der Waals surface area contributed by atoms with E-state index in [1.807, 2.05) is 60.7 Å². The van der Waals surface area contributed by atoms with Crippen molar-refractivity contribution in [1.29, 1.82) is 0 Å². The molecule has 4 heteroatoms. The molecule has 3 nitrogen and oxygen atoms in total. The number of fused-ring (bicyclic) bond motifs is 1. The van der Waals surface area contributed by atoms with Crippen molar-refractivity contribution >= 4 is 32.6 Å². The van der Waals surface area contributed by atoms with Crippen LogP contribution in [0.5, 0.6) is 5.75 Å². The van der Waals surface area contributed by atoms with Crippen LogP contribution in [0.3, 0.4) is 0 Å². The molecule has 0 fully saturated rings. The van der Waals surface area contributed by atoms with Gasteiger partial charge in [-0.05, 0) is 42.5 Å². The molecule has 25 heavy (non-hydrogen) atoms. The van der Waals surface area contributed by atoms with Crippen LogP contribution >= 0.6 is 15.9 Å². The lowest BCUT2D eigenvalue weighted by Crippen LogP contribution is -2.03. The Morgan fingerprint density at radius 2 is 1.60 bits per heavy atom. The zero-order chi connectivity index (χ0) is 17.2. The fraction of sp³-hybridized carbons (Fsp3) is 0. The average molecular weight is 392 g/mol. The maximum atomic E-state index is 9.85. The summed E-state index contributed by atoms with van der Waals surface area (Å²) in [6, 6.07) is 24.6. The van der Waals surface area contributed by atoms with E-state index < -0.39 is 0 Å². The zero-order valence-corrected chi connectivity index (χ0v) is 14.8. The van der Waals surface area contributed by atoms with Gasteiger partial charge in [0.25, 0.3) is 0 Å². The molecular formula is C21H14BrNO2. The molecule has 3 aromatic carbocycles. The van der Waals surface area contributed by atoms with E-state index in [1.165, 1.54) is 0 Å². The van der Waals surface area contributed by atoms with Gasteiger partial charge in [-0.1, -0.05) is 46.3 Å². The second-order valence-electron chi connectivity index (χ2n) is 5.63. The molecule has 0 saturated carbocycles. The molecule has 4 rings (SSSR count). The van der Waals surface area contributed by atoms with Crippen LogP contribution in [0.15, 0.2) is 92.7 Å². The van der Waals surface area contributed by atoms with E-state index in [0.717, 1.165) is 32.2 Å². The minimum atomic E-state index is 0.183. The van der Waals surface area contributed by atoms with Crippen LogP contribution in [-0.4, -0.2) is 5.11 Å². The van der Waals surface area contributed by atoms with Crippen molar-refractivity contribution in [3.63, 3.8) is 0 Å². The highest BCUT2D eigenvalue weighted by Gasteiger charge is 2.07.